The minimum Gasteiger partial charge on any atom is -0.464 e. The lowest BCUT2D eigenvalue weighted by Gasteiger charge is -2.00. The van der Waals surface area contributed by atoms with Crippen molar-refractivity contribution in [1.29, 1.82) is 0 Å². The van der Waals surface area contributed by atoms with Crippen LogP contribution in [0.15, 0.2) is 10.8 Å². The van der Waals surface area contributed by atoms with Crippen molar-refractivity contribution in [3.63, 3.8) is 0 Å². The van der Waals surface area contributed by atoms with Crippen molar-refractivity contribution in [3.8, 4) is 0 Å². The van der Waals surface area contributed by atoms with Gasteiger partial charge in [-0.05, 0) is 6.92 Å². The molecule has 0 aliphatic heterocycles. The molecule has 0 spiro atoms. The number of rotatable bonds is 5. The lowest BCUT2D eigenvalue weighted by Crippen LogP contribution is -2.12. The molecule has 13 heavy (non-hydrogen) atoms. The van der Waals surface area contributed by atoms with E-state index in [9.17, 15) is 4.79 Å². The molecular formula is C7H10N2O4. The van der Waals surface area contributed by atoms with Gasteiger partial charge in [-0.25, -0.2) is 4.79 Å². The third kappa shape index (κ3) is 3.66. The Kier molecular flexibility index (Phi) is 3.90. The Hall–Kier alpha value is -1.43. The van der Waals surface area contributed by atoms with E-state index in [2.05, 4.69) is 14.9 Å². The van der Waals surface area contributed by atoms with Crippen LogP contribution in [0.3, 0.4) is 0 Å². The van der Waals surface area contributed by atoms with E-state index in [1.165, 1.54) is 6.39 Å². The van der Waals surface area contributed by atoms with Gasteiger partial charge in [-0.1, -0.05) is 0 Å². The van der Waals surface area contributed by atoms with Gasteiger partial charge in [0, 0.05) is 0 Å². The van der Waals surface area contributed by atoms with E-state index in [1.54, 1.807) is 6.92 Å². The number of aromatic nitrogens is 2. The summed E-state index contributed by atoms with van der Waals surface area (Å²) in [4.78, 5) is 10.8. The normalized spacial score (nSPS) is 9.92. The summed E-state index contributed by atoms with van der Waals surface area (Å²) >= 11 is 0. The van der Waals surface area contributed by atoms with E-state index in [-0.39, 0.29) is 13.2 Å². The first-order valence-corrected chi connectivity index (χ1v) is 3.81. The van der Waals surface area contributed by atoms with Crippen LogP contribution < -0.4 is 0 Å². The van der Waals surface area contributed by atoms with Gasteiger partial charge < -0.3 is 13.9 Å². The van der Waals surface area contributed by atoms with Crippen molar-refractivity contribution in [2.45, 2.75) is 13.5 Å². The maximum Gasteiger partial charge on any atom is 0.332 e. The van der Waals surface area contributed by atoms with Crippen molar-refractivity contribution in [3.05, 3.63) is 12.3 Å². The van der Waals surface area contributed by atoms with Crippen LogP contribution >= 0.6 is 0 Å². The van der Waals surface area contributed by atoms with Gasteiger partial charge in [0.05, 0.1) is 6.61 Å². The number of nitrogens with zero attached hydrogens (tertiary/aromatic N) is 2. The number of hydrogen-bond acceptors (Lipinski definition) is 6. The highest BCUT2D eigenvalue weighted by molar-refractivity contribution is 5.70. The summed E-state index contributed by atoms with van der Waals surface area (Å²) in [5, 5.41) is 7.01. The van der Waals surface area contributed by atoms with Crippen molar-refractivity contribution in [1.82, 2.24) is 10.2 Å². The van der Waals surface area contributed by atoms with Crippen LogP contribution in [0.5, 0.6) is 0 Å². The molecule has 0 saturated heterocycles. The molecule has 6 heteroatoms. The highest BCUT2D eigenvalue weighted by Crippen LogP contribution is 1.94. The Bertz CT molecular complexity index is 247. The van der Waals surface area contributed by atoms with Gasteiger partial charge in [-0.15, -0.1) is 10.2 Å². The molecule has 0 aromatic carbocycles. The first kappa shape index (κ1) is 9.66. The molecular weight excluding hydrogens is 176 g/mol. The smallest absolute Gasteiger partial charge is 0.332 e. The second kappa shape index (κ2) is 5.26. The van der Waals surface area contributed by atoms with E-state index >= 15 is 0 Å². The number of ether oxygens (including phenoxy) is 2. The van der Waals surface area contributed by atoms with Crippen LogP contribution in [0.4, 0.5) is 0 Å². The lowest BCUT2D eigenvalue weighted by atomic mass is 10.6. The van der Waals surface area contributed by atoms with E-state index in [0.717, 1.165) is 0 Å². The minimum atomic E-state index is -0.401. The molecule has 0 aliphatic rings. The van der Waals surface area contributed by atoms with Crippen LogP contribution in [-0.4, -0.2) is 29.4 Å². The van der Waals surface area contributed by atoms with E-state index < -0.39 is 5.97 Å². The van der Waals surface area contributed by atoms with Gasteiger partial charge in [0.15, 0.2) is 0 Å². The number of carbonyl (C=O) groups is 1. The monoisotopic (exact) mass is 186 g/mol. The Morgan fingerprint density at radius 1 is 1.69 bits per heavy atom. The molecule has 0 unspecified atom stereocenters. The first-order valence-electron chi connectivity index (χ1n) is 3.81. The van der Waals surface area contributed by atoms with E-state index in [0.29, 0.717) is 12.5 Å². The lowest BCUT2D eigenvalue weighted by molar-refractivity contribution is -0.149. The summed E-state index contributed by atoms with van der Waals surface area (Å²) in [6.07, 6.45) is 1.20. The van der Waals surface area contributed by atoms with Crippen LogP contribution in [0.25, 0.3) is 0 Å². The molecule has 6 nitrogen and oxygen atoms in total. The van der Waals surface area contributed by atoms with Gasteiger partial charge in [0.2, 0.25) is 12.3 Å². The number of hydrogen-bond donors (Lipinski definition) is 0. The van der Waals surface area contributed by atoms with Gasteiger partial charge in [0.25, 0.3) is 0 Å². The van der Waals surface area contributed by atoms with Crippen LogP contribution in [0, 0.1) is 0 Å². The fraction of sp³-hybridized carbons (Fsp3) is 0.571. The molecule has 0 aliphatic carbocycles. The first-order chi connectivity index (χ1) is 6.33. The molecule has 1 rings (SSSR count). The van der Waals surface area contributed by atoms with Gasteiger partial charge in [-0.2, -0.15) is 0 Å². The maximum absolute atomic E-state index is 10.8. The van der Waals surface area contributed by atoms with E-state index in [1.807, 2.05) is 0 Å². The topological polar surface area (TPSA) is 74.5 Å². The Morgan fingerprint density at radius 2 is 2.54 bits per heavy atom. The summed E-state index contributed by atoms with van der Waals surface area (Å²) in [5.74, 6) is -0.0636. The summed E-state index contributed by atoms with van der Waals surface area (Å²) in [7, 11) is 0. The number of carbonyl (C=O) groups excluding carboxylic acids is 1. The highest BCUT2D eigenvalue weighted by atomic mass is 16.6. The third-order valence-electron chi connectivity index (χ3n) is 1.16. The predicted molar refractivity (Wildman–Crippen MR) is 40.6 cm³/mol. The highest BCUT2D eigenvalue weighted by Gasteiger charge is 2.03. The summed E-state index contributed by atoms with van der Waals surface area (Å²) in [5.41, 5.74) is 0. The molecule has 1 aromatic heterocycles. The molecule has 0 N–H and O–H groups in total. The molecule has 0 saturated carbocycles. The molecule has 0 fully saturated rings. The zero-order valence-electron chi connectivity index (χ0n) is 7.23. The van der Waals surface area contributed by atoms with Gasteiger partial charge in [0.1, 0.15) is 13.2 Å². The minimum absolute atomic E-state index is 0.101. The second-order valence-electron chi connectivity index (χ2n) is 2.13. The molecule has 0 radical (unpaired) electrons. The zero-order valence-corrected chi connectivity index (χ0v) is 7.23. The van der Waals surface area contributed by atoms with Crippen molar-refractivity contribution < 1.29 is 18.7 Å². The van der Waals surface area contributed by atoms with Crippen LogP contribution in [0.2, 0.25) is 0 Å². The molecule has 0 amide bonds. The summed E-state index contributed by atoms with van der Waals surface area (Å²) < 4.78 is 14.3. The van der Waals surface area contributed by atoms with Crippen molar-refractivity contribution >= 4 is 5.97 Å². The summed E-state index contributed by atoms with van der Waals surface area (Å²) in [6, 6.07) is 0. The fourth-order valence-corrected chi connectivity index (χ4v) is 0.683. The average Bonchev–Trinajstić information content (AvgIpc) is 2.57. The quantitative estimate of drug-likeness (QED) is 0.609. The maximum atomic E-state index is 10.8. The molecule has 1 aromatic rings. The van der Waals surface area contributed by atoms with E-state index in [4.69, 9.17) is 9.15 Å². The Balaban J connectivity index is 2.11. The summed E-state index contributed by atoms with van der Waals surface area (Å²) in [6.45, 7) is 2.10. The average molecular weight is 186 g/mol. The molecule has 0 bridgehead atoms. The largest absolute Gasteiger partial charge is 0.464 e. The van der Waals surface area contributed by atoms with Crippen LogP contribution in [-0.2, 0) is 20.9 Å². The van der Waals surface area contributed by atoms with Gasteiger partial charge >= 0.3 is 5.97 Å². The molecule has 72 valence electrons. The zero-order chi connectivity index (χ0) is 9.52. The second-order valence-corrected chi connectivity index (χ2v) is 2.13. The molecule has 0 atom stereocenters. The van der Waals surface area contributed by atoms with Crippen molar-refractivity contribution in [2.75, 3.05) is 13.2 Å². The fourth-order valence-electron chi connectivity index (χ4n) is 0.683. The number of esters is 1. The Morgan fingerprint density at radius 3 is 3.15 bits per heavy atom. The third-order valence-corrected chi connectivity index (χ3v) is 1.16. The van der Waals surface area contributed by atoms with Gasteiger partial charge in [-0.3, -0.25) is 0 Å². The van der Waals surface area contributed by atoms with Crippen molar-refractivity contribution in [2.24, 2.45) is 0 Å². The molecule has 1 heterocycles. The standard InChI is InChI=1S/C7H10N2O4/c1-2-12-7(10)4-11-3-6-9-8-5-13-6/h5H,2-4H2,1H3. The SMILES string of the molecule is CCOC(=O)COCc1nnco1. The van der Waals surface area contributed by atoms with Crippen LogP contribution in [0.1, 0.15) is 12.8 Å². The Labute approximate surface area is 74.8 Å². The predicted octanol–water partition coefficient (Wildman–Crippen LogP) is 0.149.